The minimum Gasteiger partial charge on any atom is -0.0845 e. The second-order valence-corrected chi connectivity index (χ2v) is 5.01. The zero-order chi connectivity index (χ0) is 13.1. The summed E-state index contributed by atoms with van der Waals surface area (Å²) in [5.74, 6) is 0. The van der Waals surface area contributed by atoms with E-state index < -0.39 is 0 Å². The van der Waals surface area contributed by atoms with Crippen molar-refractivity contribution >= 4 is 21.5 Å². The number of allylic oxidation sites excluding steroid dienone is 1. The fourth-order valence-electron chi connectivity index (χ4n) is 2.57. The topological polar surface area (TPSA) is 0 Å². The van der Waals surface area contributed by atoms with E-state index in [2.05, 4.69) is 54.6 Å². The lowest BCUT2D eigenvalue weighted by Crippen LogP contribution is -1.85. The summed E-state index contributed by atoms with van der Waals surface area (Å²) in [5, 5.41) is 5.25. The molecule has 0 heteroatoms. The minimum absolute atomic E-state index is 0.982. The van der Waals surface area contributed by atoms with E-state index in [0.717, 1.165) is 19.3 Å². The van der Waals surface area contributed by atoms with Crippen molar-refractivity contribution < 1.29 is 0 Å². The smallest absolute Gasteiger partial charge is 0.0175 e. The molecule has 0 aliphatic carbocycles. The first-order valence-electron chi connectivity index (χ1n) is 6.82. The maximum Gasteiger partial charge on any atom is -0.0175 e. The highest BCUT2D eigenvalue weighted by molar-refractivity contribution is 5.98. The third-order valence-corrected chi connectivity index (χ3v) is 3.61. The van der Waals surface area contributed by atoms with Crippen molar-refractivity contribution in [2.24, 2.45) is 0 Å². The van der Waals surface area contributed by atoms with E-state index in [9.17, 15) is 0 Å². The summed E-state index contributed by atoms with van der Waals surface area (Å²) in [6.45, 7) is 5.42. The van der Waals surface area contributed by atoms with Gasteiger partial charge in [0.1, 0.15) is 0 Å². The minimum atomic E-state index is 0.982. The van der Waals surface area contributed by atoms with Gasteiger partial charge in [0.15, 0.2) is 0 Å². The average molecular weight is 245 g/mol. The summed E-state index contributed by atoms with van der Waals surface area (Å²) in [6, 6.07) is 19.8. The Morgan fingerprint density at radius 3 is 2.21 bits per heavy atom. The number of unbranched alkanes of at least 4 members (excludes halogenated alkanes) is 1. The third kappa shape index (κ3) is 2.53. The summed E-state index contributed by atoms with van der Waals surface area (Å²) in [5.41, 5.74) is 1.39. The summed E-state index contributed by atoms with van der Waals surface area (Å²) in [6.07, 6.45) is 4.94. The highest BCUT2D eigenvalue weighted by atomic mass is 14.0. The standard InChI is InChI=1S/C19H17/c1-2-3-4-7-15-10-11-18-13-16-8-5-6-9-17(16)14-19(18)12-15/h1-2,5-6,8-14H,3-4,7H2. The zero-order valence-electron chi connectivity index (χ0n) is 11.0. The van der Waals surface area contributed by atoms with Crippen LogP contribution in [0.1, 0.15) is 18.4 Å². The fraction of sp³-hybridized carbons (Fsp3) is 0.158. The number of aryl methyl sites for hydroxylation is 1. The summed E-state index contributed by atoms with van der Waals surface area (Å²) in [4.78, 5) is 0. The van der Waals surface area contributed by atoms with E-state index in [4.69, 9.17) is 6.58 Å². The molecule has 0 heterocycles. The molecule has 0 N–H and O–H groups in total. The van der Waals surface area contributed by atoms with Gasteiger partial charge in [0, 0.05) is 0 Å². The Labute approximate surface area is 114 Å². The lowest BCUT2D eigenvalue weighted by Gasteiger charge is -2.05. The van der Waals surface area contributed by atoms with Gasteiger partial charge in [-0.3, -0.25) is 0 Å². The largest absolute Gasteiger partial charge is 0.0845 e. The van der Waals surface area contributed by atoms with E-state index in [0.29, 0.717) is 0 Å². The quantitative estimate of drug-likeness (QED) is 0.432. The predicted octanol–water partition coefficient (Wildman–Crippen LogP) is 5.30. The fourth-order valence-corrected chi connectivity index (χ4v) is 2.57. The second kappa shape index (κ2) is 5.27. The van der Waals surface area contributed by atoms with Crippen LogP contribution in [-0.2, 0) is 6.42 Å². The number of fused-ring (bicyclic) bond motifs is 2. The molecule has 0 aliphatic heterocycles. The van der Waals surface area contributed by atoms with Gasteiger partial charge in [0.05, 0.1) is 0 Å². The molecule has 0 saturated carbocycles. The van der Waals surface area contributed by atoms with Gasteiger partial charge >= 0.3 is 0 Å². The van der Waals surface area contributed by atoms with E-state index in [1.165, 1.54) is 27.1 Å². The van der Waals surface area contributed by atoms with E-state index in [1.54, 1.807) is 6.08 Å². The SMILES string of the molecule is [CH]=CCCCc1ccc2cc3ccccc3cc2c1. The van der Waals surface area contributed by atoms with Crippen molar-refractivity contribution in [1.29, 1.82) is 0 Å². The van der Waals surface area contributed by atoms with Crippen LogP contribution >= 0.6 is 0 Å². The molecule has 93 valence electrons. The van der Waals surface area contributed by atoms with Crippen molar-refractivity contribution in [3.63, 3.8) is 0 Å². The van der Waals surface area contributed by atoms with E-state index in [-0.39, 0.29) is 0 Å². The van der Waals surface area contributed by atoms with Crippen LogP contribution in [0.4, 0.5) is 0 Å². The lowest BCUT2D eigenvalue weighted by molar-refractivity contribution is 0.844. The molecule has 0 spiro atoms. The second-order valence-electron chi connectivity index (χ2n) is 5.01. The first-order chi connectivity index (χ1) is 9.36. The van der Waals surface area contributed by atoms with Gasteiger partial charge in [-0.25, -0.2) is 0 Å². The maximum absolute atomic E-state index is 5.42. The first-order valence-corrected chi connectivity index (χ1v) is 6.82. The van der Waals surface area contributed by atoms with Crippen LogP contribution in [-0.4, -0.2) is 0 Å². The van der Waals surface area contributed by atoms with Crippen molar-refractivity contribution in [2.45, 2.75) is 19.3 Å². The van der Waals surface area contributed by atoms with Crippen LogP contribution in [0.2, 0.25) is 0 Å². The maximum atomic E-state index is 5.42. The van der Waals surface area contributed by atoms with Crippen LogP contribution < -0.4 is 0 Å². The molecular formula is C19H17. The van der Waals surface area contributed by atoms with Crippen molar-refractivity contribution in [2.75, 3.05) is 0 Å². The Hall–Kier alpha value is -2.08. The summed E-state index contributed by atoms with van der Waals surface area (Å²) < 4.78 is 0. The first kappa shape index (κ1) is 12.0. The van der Waals surface area contributed by atoms with E-state index >= 15 is 0 Å². The van der Waals surface area contributed by atoms with Gasteiger partial charge in [-0.1, -0.05) is 55.1 Å². The Kier molecular flexibility index (Phi) is 3.33. The van der Waals surface area contributed by atoms with Crippen molar-refractivity contribution in [1.82, 2.24) is 0 Å². The van der Waals surface area contributed by atoms with Crippen molar-refractivity contribution in [3.05, 3.63) is 72.8 Å². The van der Waals surface area contributed by atoms with Gasteiger partial charge in [-0.15, -0.1) is 0 Å². The highest BCUT2D eigenvalue weighted by Crippen LogP contribution is 2.24. The van der Waals surface area contributed by atoms with Crippen molar-refractivity contribution in [3.8, 4) is 0 Å². The van der Waals surface area contributed by atoms with Gasteiger partial charge in [0.2, 0.25) is 0 Å². The molecule has 0 unspecified atom stereocenters. The molecular weight excluding hydrogens is 228 g/mol. The van der Waals surface area contributed by atoms with Gasteiger partial charge in [-0.2, -0.15) is 0 Å². The summed E-state index contributed by atoms with van der Waals surface area (Å²) >= 11 is 0. The molecule has 0 atom stereocenters. The molecule has 3 aromatic rings. The average Bonchev–Trinajstić information content (AvgIpc) is 2.45. The number of rotatable bonds is 4. The number of hydrogen-bond donors (Lipinski definition) is 0. The lowest BCUT2D eigenvalue weighted by atomic mass is 10.00. The molecule has 0 bridgehead atoms. The molecule has 1 radical (unpaired) electrons. The number of hydrogen-bond acceptors (Lipinski definition) is 0. The Morgan fingerprint density at radius 1 is 0.789 bits per heavy atom. The van der Waals surface area contributed by atoms with E-state index in [1.807, 2.05) is 0 Å². The predicted molar refractivity (Wildman–Crippen MR) is 83.3 cm³/mol. The monoisotopic (exact) mass is 245 g/mol. The van der Waals surface area contributed by atoms with Crippen LogP contribution in [0.5, 0.6) is 0 Å². The molecule has 0 aromatic heterocycles. The molecule has 3 aromatic carbocycles. The van der Waals surface area contributed by atoms with Gasteiger partial charge in [0.25, 0.3) is 0 Å². The Balaban J connectivity index is 2.01. The Bertz CT molecular complexity index is 722. The molecule has 19 heavy (non-hydrogen) atoms. The van der Waals surface area contributed by atoms with Gasteiger partial charge in [-0.05, 0) is 58.5 Å². The molecule has 0 aliphatic rings. The molecule has 3 rings (SSSR count). The summed E-state index contributed by atoms with van der Waals surface area (Å²) in [7, 11) is 0. The zero-order valence-corrected chi connectivity index (χ0v) is 11.0. The molecule has 0 fully saturated rings. The molecule has 0 saturated heterocycles. The van der Waals surface area contributed by atoms with Crippen LogP contribution in [0, 0.1) is 6.58 Å². The third-order valence-electron chi connectivity index (χ3n) is 3.61. The normalized spacial score (nSPS) is 10.9. The molecule has 0 amide bonds. The number of benzene rings is 3. The highest BCUT2D eigenvalue weighted by Gasteiger charge is 1.99. The van der Waals surface area contributed by atoms with Crippen LogP contribution in [0.3, 0.4) is 0 Å². The van der Waals surface area contributed by atoms with Crippen LogP contribution in [0.15, 0.2) is 60.7 Å². The van der Waals surface area contributed by atoms with Gasteiger partial charge < -0.3 is 0 Å². The van der Waals surface area contributed by atoms with Crippen LogP contribution in [0.25, 0.3) is 21.5 Å². The Morgan fingerprint density at radius 2 is 1.47 bits per heavy atom. The molecule has 0 nitrogen and oxygen atoms in total.